The molecule has 11 heteroatoms. The number of rotatable bonds is 10. The molecule has 81 heavy (non-hydrogen) atoms. The molecule has 1 spiro atoms. The topological polar surface area (TPSA) is 106 Å². The number of nitriles is 2. The van der Waals surface area contributed by atoms with Crippen LogP contribution >= 0.6 is 0 Å². The van der Waals surface area contributed by atoms with Crippen LogP contribution in [0, 0.1) is 22.7 Å². The lowest BCUT2D eigenvalue weighted by molar-refractivity contribution is 0.617. The summed E-state index contributed by atoms with van der Waals surface area (Å²) in [7, 11) is -6.85. The van der Waals surface area contributed by atoms with Crippen LogP contribution in [0.4, 0.5) is 34.1 Å². The number of hydrogen-bond acceptors (Lipinski definition) is 8. The molecule has 4 heterocycles. The minimum atomic E-state index is -3.49. The van der Waals surface area contributed by atoms with Gasteiger partial charge in [0.05, 0.1) is 50.8 Å². The number of oxazole rings is 2. The van der Waals surface area contributed by atoms with Crippen molar-refractivity contribution in [1.82, 2.24) is 9.97 Å². The summed E-state index contributed by atoms with van der Waals surface area (Å²) in [5.74, 6) is 0.790. The monoisotopic (exact) mass is 1090 g/mol. The Morgan fingerprint density at radius 1 is 0.395 bits per heavy atom. The van der Waals surface area contributed by atoms with E-state index in [0.717, 1.165) is 55.6 Å². The number of anilines is 6. The molecule has 0 saturated carbocycles. The highest BCUT2D eigenvalue weighted by Crippen LogP contribution is 2.51. The lowest BCUT2D eigenvalue weighted by atomic mass is 10.0. The van der Waals surface area contributed by atoms with Crippen LogP contribution < -0.4 is 40.9 Å². The van der Waals surface area contributed by atoms with Crippen LogP contribution in [0.2, 0.25) is 39.3 Å². The second kappa shape index (κ2) is 18.8. The Hall–Kier alpha value is -9.63. The van der Waals surface area contributed by atoms with Crippen LogP contribution in [-0.2, 0) is 0 Å². The van der Waals surface area contributed by atoms with Gasteiger partial charge in [0.25, 0.3) is 0 Å². The van der Waals surface area contributed by atoms with E-state index in [4.69, 9.17) is 18.8 Å². The van der Waals surface area contributed by atoms with Crippen LogP contribution in [0.5, 0.6) is 0 Å². The molecule has 2 aliphatic heterocycles. The zero-order valence-corrected chi connectivity index (χ0v) is 48.8. The van der Waals surface area contributed by atoms with Gasteiger partial charge in [0.2, 0.25) is 11.8 Å². The van der Waals surface area contributed by atoms with Gasteiger partial charge in [-0.25, -0.2) is 9.97 Å². The number of aromatic nitrogens is 2. The van der Waals surface area contributed by atoms with E-state index in [1.807, 2.05) is 36.4 Å². The molecule has 12 aromatic rings. The van der Waals surface area contributed by atoms with Gasteiger partial charge >= 0.3 is 0 Å². The summed E-state index contributed by atoms with van der Waals surface area (Å²) in [5.41, 5.74) is 14.7. The average Bonchev–Trinajstić information content (AvgIpc) is 4.41. The summed E-state index contributed by atoms with van der Waals surface area (Å²) >= 11 is 0. The second-order valence-corrected chi connectivity index (χ2v) is 37.0. The zero-order chi connectivity index (χ0) is 55.4. The molecule has 0 bridgehead atoms. The molecule has 0 aliphatic carbocycles. The van der Waals surface area contributed by atoms with Gasteiger partial charge in [0, 0.05) is 45.0 Å². The van der Waals surface area contributed by atoms with E-state index in [2.05, 4.69) is 231 Å². The molecule has 0 saturated heterocycles. The number of para-hydroxylation sites is 2. The SMILES string of the molecule is C[Si](C)(C)c1ccc(N(c2ccccc2)c2cc3c(c4oc(-c5cccc(C#N)c5)nc24)-c2c(cc(N(c4ccccc4)c4ccc([Si](C)(C)C)cc4)c4nc(-c5cccc(C#N)c5)oc24)[Si]32c3ccccc3-c3ccccc32)cc1. The summed E-state index contributed by atoms with van der Waals surface area (Å²) in [6.07, 6.45) is 0. The molecule has 0 N–H and O–H groups in total. The molecule has 0 fully saturated rings. The molecular weight excluding hydrogens is 1040 g/mol. The Balaban J connectivity index is 1.17. The van der Waals surface area contributed by atoms with Gasteiger partial charge in [-0.2, -0.15) is 10.5 Å². The maximum atomic E-state index is 10.2. The van der Waals surface area contributed by atoms with Crippen LogP contribution in [0.1, 0.15) is 11.1 Å². The van der Waals surface area contributed by atoms with Crippen molar-refractivity contribution in [3.05, 3.63) is 230 Å². The number of nitrogens with zero attached hydrogens (tertiary/aromatic N) is 6. The summed E-state index contributed by atoms with van der Waals surface area (Å²) in [4.78, 5) is 15.8. The van der Waals surface area contributed by atoms with Gasteiger partial charge in [0.15, 0.2) is 19.2 Å². The lowest BCUT2D eigenvalue weighted by Crippen LogP contribution is -2.70. The van der Waals surface area contributed by atoms with E-state index in [9.17, 15) is 10.5 Å². The molecule has 0 atom stereocenters. The Morgan fingerprint density at radius 3 is 1.15 bits per heavy atom. The van der Waals surface area contributed by atoms with Gasteiger partial charge in [0.1, 0.15) is 11.0 Å². The molecular formula is C70H54N6O2Si3. The minimum absolute atomic E-state index is 0.395. The number of benzene rings is 10. The maximum Gasteiger partial charge on any atom is 0.227 e. The van der Waals surface area contributed by atoms with Crippen molar-refractivity contribution < 1.29 is 8.83 Å². The lowest BCUT2D eigenvalue weighted by Gasteiger charge is -2.31. The van der Waals surface area contributed by atoms with Gasteiger partial charge < -0.3 is 18.6 Å². The van der Waals surface area contributed by atoms with Crippen molar-refractivity contribution >= 4 is 112 Å². The highest BCUT2D eigenvalue weighted by atomic mass is 28.3. The zero-order valence-electron chi connectivity index (χ0n) is 45.8. The van der Waals surface area contributed by atoms with Crippen molar-refractivity contribution in [3.8, 4) is 57.3 Å². The first-order valence-corrected chi connectivity index (χ1v) is 36.4. The molecule has 0 amide bonds. The molecule has 2 aromatic heterocycles. The van der Waals surface area contributed by atoms with Crippen LogP contribution in [0.25, 0.3) is 67.4 Å². The van der Waals surface area contributed by atoms with E-state index >= 15 is 0 Å². The molecule has 2 aliphatic rings. The van der Waals surface area contributed by atoms with E-state index in [1.165, 1.54) is 31.9 Å². The number of fused-ring (bicyclic) bond motifs is 14. The summed E-state index contributed by atoms with van der Waals surface area (Å²) in [6, 6.07) is 81.7. The van der Waals surface area contributed by atoms with E-state index in [1.54, 1.807) is 12.1 Å². The largest absolute Gasteiger partial charge is 0.435 e. The molecule has 14 rings (SSSR count). The highest BCUT2D eigenvalue weighted by Gasteiger charge is 2.57. The maximum absolute atomic E-state index is 10.2. The number of hydrogen-bond donors (Lipinski definition) is 0. The van der Waals surface area contributed by atoms with Crippen molar-refractivity contribution in [2.75, 3.05) is 9.80 Å². The Bertz CT molecular complexity index is 4290. The summed E-state index contributed by atoms with van der Waals surface area (Å²) in [6.45, 7) is 14.3. The highest BCUT2D eigenvalue weighted by molar-refractivity contribution is 7.24. The molecule has 8 nitrogen and oxygen atoms in total. The quantitative estimate of drug-likeness (QED) is 0.125. The first kappa shape index (κ1) is 49.7. The molecule has 0 radical (unpaired) electrons. The standard InChI is InChI=1S/C70H54N6O2Si3/c1-79(2,3)53-35-31-51(32-36-53)75(49-23-9-7-10-24-49)57-41-61-63(67-65(57)73-69(77-67)47-21-17-19-45(39-47)43-71)64-62(81(61)59-29-15-13-27-55(59)56-28-14-16-30-60(56)81)42-58(66-68(64)78-70(74-66)48-22-18-20-46(40-48)44-72)76(50-25-11-8-12-26-50)52-33-37-54(38-34-52)80(4,5)6/h7-42H,1-6H3. The van der Waals surface area contributed by atoms with Gasteiger partial charge in [-0.05, 0) is 129 Å². The first-order valence-electron chi connectivity index (χ1n) is 27.4. The van der Waals surface area contributed by atoms with E-state index in [-0.39, 0.29) is 0 Å². The van der Waals surface area contributed by atoms with Gasteiger partial charge in [-0.1, -0.05) is 171 Å². The van der Waals surface area contributed by atoms with Gasteiger partial charge in [-0.3, -0.25) is 0 Å². The third kappa shape index (κ3) is 7.88. The fraction of sp³-hybridized carbons (Fsp3) is 0.0857. The fourth-order valence-electron chi connectivity index (χ4n) is 12.4. The van der Waals surface area contributed by atoms with E-state index in [0.29, 0.717) is 56.2 Å². The van der Waals surface area contributed by atoms with Gasteiger partial charge in [-0.15, -0.1) is 0 Å². The molecule has 0 unspecified atom stereocenters. The van der Waals surface area contributed by atoms with Crippen LogP contribution in [0.3, 0.4) is 0 Å². The summed E-state index contributed by atoms with van der Waals surface area (Å²) in [5, 5.41) is 28.0. The Labute approximate surface area is 474 Å². The van der Waals surface area contributed by atoms with Crippen molar-refractivity contribution in [2.24, 2.45) is 0 Å². The summed E-state index contributed by atoms with van der Waals surface area (Å²) < 4.78 is 14.9. The molecule has 388 valence electrons. The Kier molecular flexibility index (Phi) is 11.5. The third-order valence-corrected chi connectivity index (χ3v) is 25.3. The Morgan fingerprint density at radius 2 is 0.765 bits per heavy atom. The fourth-order valence-corrected chi connectivity index (χ4v) is 20.4. The normalized spacial score (nSPS) is 12.9. The predicted octanol–water partition coefficient (Wildman–Crippen LogP) is 14.4. The minimum Gasteiger partial charge on any atom is -0.435 e. The van der Waals surface area contributed by atoms with Crippen LogP contribution in [-0.4, -0.2) is 34.2 Å². The van der Waals surface area contributed by atoms with Crippen LogP contribution in [0.15, 0.2) is 227 Å². The smallest absolute Gasteiger partial charge is 0.227 e. The third-order valence-electron chi connectivity index (χ3n) is 16.3. The van der Waals surface area contributed by atoms with Crippen molar-refractivity contribution in [2.45, 2.75) is 39.3 Å². The average molecular weight is 1100 g/mol. The second-order valence-electron chi connectivity index (χ2n) is 23.2. The first-order chi connectivity index (χ1) is 39.3. The molecule has 10 aromatic carbocycles. The van der Waals surface area contributed by atoms with Crippen molar-refractivity contribution in [3.63, 3.8) is 0 Å². The van der Waals surface area contributed by atoms with Crippen molar-refractivity contribution in [1.29, 1.82) is 10.5 Å². The predicted molar refractivity (Wildman–Crippen MR) is 339 cm³/mol. The van der Waals surface area contributed by atoms with E-state index < -0.39 is 24.2 Å².